The Labute approximate surface area is 170 Å². The summed E-state index contributed by atoms with van der Waals surface area (Å²) < 4.78 is 5.30. The molecule has 0 bridgehead atoms. The monoisotopic (exact) mass is 399 g/mol. The van der Waals surface area contributed by atoms with E-state index in [4.69, 9.17) is 4.52 Å². The first-order valence-electron chi connectivity index (χ1n) is 10.3. The minimum Gasteiger partial charge on any atom is -0.361 e. The predicted molar refractivity (Wildman–Crippen MR) is 112 cm³/mol. The molecule has 2 aromatic rings. The number of carbonyl (C=O) groups excluding carboxylic acids is 1. The normalized spacial score (nSPS) is 18.5. The van der Waals surface area contributed by atoms with E-state index in [1.54, 1.807) is 11.3 Å². The minimum atomic E-state index is 0.0793. The number of nitrogens with zero attached hydrogens (tertiary/aromatic N) is 2. The Kier molecular flexibility index (Phi) is 5.69. The van der Waals surface area contributed by atoms with E-state index in [0.29, 0.717) is 0 Å². The van der Waals surface area contributed by atoms with Crippen LogP contribution < -0.4 is 5.32 Å². The second-order valence-corrected chi connectivity index (χ2v) is 9.00. The standard InChI is InChI=1S/C22H29N3O2S/c1-14(17-7-5-4-6-8-17)23-22(26)20-13-28-21-12-25(10-9-18(20)21)11-19-15(2)24-27-16(19)3/h7,13-14H,4-6,8-12H2,1-3H3,(H,23,26)/t14-/m1/s1. The molecule has 1 aliphatic heterocycles. The van der Waals surface area contributed by atoms with Crippen molar-refractivity contribution in [3.8, 4) is 0 Å². The first-order valence-corrected chi connectivity index (χ1v) is 11.1. The van der Waals surface area contributed by atoms with Gasteiger partial charge >= 0.3 is 0 Å². The molecule has 0 saturated carbocycles. The minimum absolute atomic E-state index is 0.0793. The Bertz CT molecular complexity index is 876. The SMILES string of the molecule is Cc1noc(C)c1CN1CCc2c(C(=O)N[C@H](C)C3=CCCCC3)csc2C1. The molecule has 1 N–H and O–H groups in total. The quantitative estimate of drug-likeness (QED) is 0.751. The largest absolute Gasteiger partial charge is 0.361 e. The highest BCUT2D eigenvalue weighted by Gasteiger charge is 2.26. The fourth-order valence-electron chi connectivity index (χ4n) is 4.28. The molecule has 4 rings (SSSR count). The summed E-state index contributed by atoms with van der Waals surface area (Å²) in [6.45, 7) is 8.77. The average molecular weight is 400 g/mol. The molecule has 1 amide bonds. The summed E-state index contributed by atoms with van der Waals surface area (Å²) in [4.78, 5) is 16.6. The molecule has 5 nitrogen and oxygen atoms in total. The van der Waals surface area contributed by atoms with Gasteiger partial charge in [0.25, 0.3) is 5.91 Å². The topological polar surface area (TPSA) is 58.4 Å². The lowest BCUT2D eigenvalue weighted by Gasteiger charge is -2.27. The molecule has 1 aliphatic carbocycles. The van der Waals surface area contributed by atoms with E-state index in [2.05, 4.69) is 28.4 Å². The van der Waals surface area contributed by atoms with Gasteiger partial charge in [0.1, 0.15) is 5.76 Å². The van der Waals surface area contributed by atoms with Gasteiger partial charge in [0.05, 0.1) is 11.3 Å². The zero-order chi connectivity index (χ0) is 19.7. The van der Waals surface area contributed by atoms with E-state index in [9.17, 15) is 4.79 Å². The number of nitrogens with one attached hydrogen (secondary N) is 1. The third-order valence-electron chi connectivity index (χ3n) is 6.06. The molecule has 0 aromatic carbocycles. The summed E-state index contributed by atoms with van der Waals surface area (Å²) >= 11 is 1.71. The zero-order valence-electron chi connectivity index (χ0n) is 17.0. The summed E-state index contributed by atoms with van der Waals surface area (Å²) in [5.41, 5.74) is 5.66. The van der Waals surface area contributed by atoms with Crippen LogP contribution in [0.2, 0.25) is 0 Å². The van der Waals surface area contributed by atoms with Crippen LogP contribution in [0.3, 0.4) is 0 Å². The highest BCUT2D eigenvalue weighted by atomic mass is 32.1. The van der Waals surface area contributed by atoms with Crippen LogP contribution in [0, 0.1) is 13.8 Å². The molecule has 150 valence electrons. The van der Waals surface area contributed by atoms with E-state index >= 15 is 0 Å². The third-order valence-corrected chi connectivity index (χ3v) is 7.08. The average Bonchev–Trinajstić information content (AvgIpc) is 3.26. The van der Waals surface area contributed by atoms with Gasteiger partial charge in [0, 0.05) is 41.5 Å². The maximum absolute atomic E-state index is 12.9. The zero-order valence-corrected chi connectivity index (χ0v) is 17.8. The number of aryl methyl sites for hydroxylation is 2. The molecule has 0 spiro atoms. The van der Waals surface area contributed by atoms with Crippen LogP contribution in [0.15, 0.2) is 21.6 Å². The van der Waals surface area contributed by atoms with Crippen molar-refractivity contribution in [3.63, 3.8) is 0 Å². The molecule has 0 fully saturated rings. The summed E-state index contributed by atoms with van der Waals surface area (Å²) in [7, 11) is 0. The van der Waals surface area contributed by atoms with Gasteiger partial charge in [-0.1, -0.05) is 16.8 Å². The molecular formula is C22H29N3O2S. The van der Waals surface area contributed by atoms with Crippen molar-refractivity contribution in [1.82, 2.24) is 15.4 Å². The summed E-state index contributed by atoms with van der Waals surface area (Å²) in [5.74, 6) is 0.983. The van der Waals surface area contributed by atoms with Gasteiger partial charge in [0.2, 0.25) is 0 Å². The fraction of sp³-hybridized carbons (Fsp3) is 0.545. The van der Waals surface area contributed by atoms with Crippen LogP contribution in [0.4, 0.5) is 0 Å². The van der Waals surface area contributed by atoms with E-state index < -0.39 is 0 Å². The lowest BCUT2D eigenvalue weighted by molar-refractivity contribution is 0.0943. The van der Waals surface area contributed by atoms with Gasteiger partial charge < -0.3 is 9.84 Å². The summed E-state index contributed by atoms with van der Waals surface area (Å²) in [6.07, 6.45) is 7.99. The number of rotatable bonds is 5. The van der Waals surface area contributed by atoms with E-state index in [0.717, 1.165) is 55.9 Å². The van der Waals surface area contributed by atoms with Gasteiger partial charge in [-0.05, 0) is 58.4 Å². The predicted octanol–water partition coefficient (Wildman–Crippen LogP) is 4.53. The molecule has 2 aromatic heterocycles. The summed E-state index contributed by atoms with van der Waals surface area (Å²) in [6, 6.07) is 0.128. The second kappa shape index (κ2) is 8.21. The van der Waals surface area contributed by atoms with Crippen LogP contribution in [0.5, 0.6) is 0 Å². The van der Waals surface area contributed by atoms with Crippen LogP contribution in [-0.4, -0.2) is 28.6 Å². The van der Waals surface area contributed by atoms with Gasteiger partial charge in [-0.2, -0.15) is 0 Å². The van der Waals surface area contributed by atoms with Crippen LogP contribution in [0.1, 0.15) is 70.4 Å². The summed E-state index contributed by atoms with van der Waals surface area (Å²) in [5, 5.41) is 9.34. The fourth-order valence-corrected chi connectivity index (χ4v) is 5.40. The Morgan fingerprint density at radius 3 is 2.93 bits per heavy atom. The Hall–Kier alpha value is -1.92. The number of thiophene rings is 1. The molecule has 3 heterocycles. The number of aromatic nitrogens is 1. The molecule has 28 heavy (non-hydrogen) atoms. The van der Waals surface area contributed by atoms with Crippen LogP contribution in [-0.2, 0) is 19.5 Å². The highest BCUT2D eigenvalue weighted by Crippen LogP contribution is 2.30. The number of carbonyl (C=O) groups is 1. The first-order chi connectivity index (χ1) is 13.5. The van der Waals surface area contributed by atoms with Crippen LogP contribution >= 0.6 is 11.3 Å². The van der Waals surface area contributed by atoms with Gasteiger partial charge in [-0.25, -0.2) is 0 Å². The first kappa shape index (κ1) is 19.4. The van der Waals surface area contributed by atoms with Crippen molar-refractivity contribution >= 4 is 17.2 Å². The van der Waals surface area contributed by atoms with Crippen molar-refractivity contribution in [1.29, 1.82) is 0 Å². The van der Waals surface area contributed by atoms with Crippen LogP contribution in [0.25, 0.3) is 0 Å². The maximum Gasteiger partial charge on any atom is 0.252 e. The number of hydrogen-bond acceptors (Lipinski definition) is 5. The molecular weight excluding hydrogens is 370 g/mol. The van der Waals surface area contributed by atoms with E-state index in [-0.39, 0.29) is 11.9 Å². The second-order valence-electron chi connectivity index (χ2n) is 8.03. The molecule has 1 atom stereocenters. The number of allylic oxidation sites excluding steroid dienone is 1. The van der Waals surface area contributed by atoms with Crippen molar-refractivity contribution in [2.75, 3.05) is 6.54 Å². The smallest absolute Gasteiger partial charge is 0.252 e. The lowest BCUT2D eigenvalue weighted by atomic mass is 9.94. The van der Waals surface area contributed by atoms with Crippen molar-refractivity contribution < 1.29 is 9.32 Å². The number of amides is 1. The molecule has 0 radical (unpaired) electrons. The molecule has 2 aliphatic rings. The Morgan fingerprint density at radius 2 is 2.21 bits per heavy atom. The van der Waals surface area contributed by atoms with Crippen molar-refractivity contribution in [2.45, 2.75) is 72.0 Å². The highest BCUT2D eigenvalue weighted by molar-refractivity contribution is 7.10. The van der Waals surface area contributed by atoms with Gasteiger partial charge in [0.15, 0.2) is 0 Å². The molecule has 0 unspecified atom stereocenters. The Balaban J connectivity index is 1.42. The third kappa shape index (κ3) is 3.94. The van der Waals surface area contributed by atoms with Gasteiger partial charge in [-0.15, -0.1) is 11.3 Å². The molecule has 6 heteroatoms. The lowest BCUT2D eigenvalue weighted by Crippen LogP contribution is -2.35. The molecule has 0 saturated heterocycles. The van der Waals surface area contributed by atoms with Gasteiger partial charge in [-0.3, -0.25) is 9.69 Å². The van der Waals surface area contributed by atoms with E-state index in [1.807, 2.05) is 19.2 Å². The van der Waals surface area contributed by atoms with E-state index in [1.165, 1.54) is 34.4 Å². The number of fused-ring (bicyclic) bond motifs is 1. The Morgan fingerprint density at radius 1 is 1.36 bits per heavy atom. The van der Waals surface area contributed by atoms with Crippen molar-refractivity contribution in [2.24, 2.45) is 0 Å². The maximum atomic E-state index is 12.9. The van der Waals surface area contributed by atoms with Crippen molar-refractivity contribution in [3.05, 3.63) is 50.1 Å². The number of hydrogen-bond donors (Lipinski definition) is 1.